The minimum atomic E-state index is -0.170. The van der Waals surface area contributed by atoms with E-state index in [-0.39, 0.29) is 5.91 Å². The van der Waals surface area contributed by atoms with Crippen molar-refractivity contribution in [2.24, 2.45) is 0 Å². The Balaban J connectivity index is 2.24. The second kappa shape index (κ2) is 5.50. The van der Waals surface area contributed by atoms with Crippen molar-refractivity contribution in [2.75, 3.05) is 5.32 Å². The minimum absolute atomic E-state index is 0.170. The predicted octanol–water partition coefficient (Wildman–Crippen LogP) is 4.06. The molecule has 0 aliphatic carbocycles. The largest absolute Gasteiger partial charge is 0.322 e. The maximum atomic E-state index is 12.1. The first-order valence-electron chi connectivity index (χ1n) is 5.25. The number of halogens is 2. The standard InChI is InChI=1S/C13H10BrClN2O/c1-8-2-3-9(14)6-11(8)13(18)17-10-4-5-16-12(15)7-10/h2-7H,1H3,(H,16,17,18). The van der Waals surface area contributed by atoms with Crippen LogP contribution in [0.15, 0.2) is 41.0 Å². The molecular formula is C13H10BrClN2O. The first-order chi connectivity index (χ1) is 8.56. The van der Waals surface area contributed by atoms with Crippen molar-refractivity contribution in [1.82, 2.24) is 4.98 Å². The van der Waals surface area contributed by atoms with Gasteiger partial charge in [0.1, 0.15) is 5.15 Å². The highest BCUT2D eigenvalue weighted by Gasteiger charge is 2.10. The second-order valence-electron chi connectivity index (χ2n) is 3.78. The molecule has 0 saturated carbocycles. The summed E-state index contributed by atoms with van der Waals surface area (Å²) in [4.78, 5) is 16.0. The zero-order chi connectivity index (χ0) is 13.1. The Hall–Kier alpha value is -1.39. The summed E-state index contributed by atoms with van der Waals surface area (Å²) in [5.41, 5.74) is 2.16. The van der Waals surface area contributed by atoms with Gasteiger partial charge in [0.2, 0.25) is 0 Å². The van der Waals surface area contributed by atoms with Gasteiger partial charge in [-0.05, 0) is 36.8 Å². The molecule has 5 heteroatoms. The SMILES string of the molecule is Cc1ccc(Br)cc1C(=O)Nc1ccnc(Cl)c1. The number of carbonyl (C=O) groups is 1. The molecule has 3 nitrogen and oxygen atoms in total. The molecule has 1 N–H and O–H groups in total. The molecule has 0 spiro atoms. The Morgan fingerprint density at radius 3 is 2.83 bits per heavy atom. The molecule has 0 atom stereocenters. The van der Waals surface area contributed by atoms with Crippen LogP contribution in [-0.4, -0.2) is 10.9 Å². The van der Waals surface area contributed by atoms with Crippen LogP contribution >= 0.6 is 27.5 Å². The molecule has 0 bridgehead atoms. The molecule has 0 aliphatic rings. The van der Waals surface area contributed by atoms with Crippen LogP contribution in [0.4, 0.5) is 5.69 Å². The number of benzene rings is 1. The molecule has 1 heterocycles. The first kappa shape index (κ1) is 13.1. The van der Waals surface area contributed by atoms with Crippen molar-refractivity contribution < 1.29 is 4.79 Å². The van der Waals surface area contributed by atoms with Crippen LogP contribution in [0.1, 0.15) is 15.9 Å². The molecule has 0 unspecified atom stereocenters. The molecular weight excluding hydrogens is 316 g/mol. The van der Waals surface area contributed by atoms with E-state index in [1.165, 1.54) is 0 Å². The van der Waals surface area contributed by atoms with Crippen molar-refractivity contribution in [2.45, 2.75) is 6.92 Å². The lowest BCUT2D eigenvalue weighted by Crippen LogP contribution is -2.13. The van der Waals surface area contributed by atoms with Gasteiger partial charge >= 0.3 is 0 Å². The lowest BCUT2D eigenvalue weighted by atomic mass is 10.1. The highest BCUT2D eigenvalue weighted by atomic mass is 79.9. The third kappa shape index (κ3) is 3.09. The van der Waals surface area contributed by atoms with E-state index in [0.717, 1.165) is 10.0 Å². The number of pyridine rings is 1. The van der Waals surface area contributed by atoms with Gasteiger partial charge in [0, 0.05) is 21.9 Å². The first-order valence-corrected chi connectivity index (χ1v) is 6.42. The van der Waals surface area contributed by atoms with Crippen LogP contribution in [0.2, 0.25) is 5.15 Å². The van der Waals surface area contributed by atoms with Gasteiger partial charge in [-0.2, -0.15) is 0 Å². The molecule has 92 valence electrons. The monoisotopic (exact) mass is 324 g/mol. The molecule has 1 aromatic heterocycles. The number of aryl methyl sites for hydroxylation is 1. The van der Waals surface area contributed by atoms with Crippen molar-refractivity contribution in [3.8, 4) is 0 Å². The highest BCUT2D eigenvalue weighted by Crippen LogP contribution is 2.18. The number of amides is 1. The van der Waals surface area contributed by atoms with Gasteiger partial charge in [0.25, 0.3) is 5.91 Å². The van der Waals surface area contributed by atoms with E-state index in [0.29, 0.717) is 16.4 Å². The summed E-state index contributed by atoms with van der Waals surface area (Å²) in [6, 6.07) is 8.87. The molecule has 18 heavy (non-hydrogen) atoms. The van der Waals surface area contributed by atoms with Gasteiger partial charge in [0.15, 0.2) is 0 Å². The zero-order valence-corrected chi connectivity index (χ0v) is 11.9. The lowest BCUT2D eigenvalue weighted by Gasteiger charge is -2.08. The van der Waals surface area contributed by atoms with E-state index in [9.17, 15) is 4.79 Å². The quantitative estimate of drug-likeness (QED) is 0.846. The fraction of sp³-hybridized carbons (Fsp3) is 0.0769. The van der Waals surface area contributed by atoms with Crippen LogP contribution in [-0.2, 0) is 0 Å². The number of anilines is 1. The normalized spacial score (nSPS) is 10.2. The summed E-state index contributed by atoms with van der Waals surface area (Å²) in [6.45, 7) is 1.89. The van der Waals surface area contributed by atoms with Crippen molar-refractivity contribution in [3.63, 3.8) is 0 Å². The molecule has 2 aromatic rings. The summed E-state index contributed by atoms with van der Waals surface area (Å²) in [5.74, 6) is -0.170. The minimum Gasteiger partial charge on any atom is -0.322 e. The molecule has 0 aliphatic heterocycles. The lowest BCUT2D eigenvalue weighted by molar-refractivity contribution is 0.102. The third-order valence-electron chi connectivity index (χ3n) is 2.43. The highest BCUT2D eigenvalue weighted by molar-refractivity contribution is 9.10. The maximum absolute atomic E-state index is 12.1. The Morgan fingerprint density at radius 1 is 1.33 bits per heavy atom. The summed E-state index contributed by atoms with van der Waals surface area (Å²) in [7, 11) is 0. The summed E-state index contributed by atoms with van der Waals surface area (Å²) in [6.07, 6.45) is 1.55. The van der Waals surface area contributed by atoms with Gasteiger partial charge in [-0.15, -0.1) is 0 Å². The molecule has 1 aromatic carbocycles. The van der Waals surface area contributed by atoms with E-state index >= 15 is 0 Å². The number of nitrogens with one attached hydrogen (secondary N) is 1. The molecule has 0 saturated heterocycles. The van der Waals surface area contributed by atoms with E-state index in [1.54, 1.807) is 24.4 Å². The van der Waals surface area contributed by atoms with Gasteiger partial charge in [0.05, 0.1) is 0 Å². The van der Waals surface area contributed by atoms with Crippen LogP contribution < -0.4 is 5.32 Å². The van der Waals surface area contributed by atoms with Crippen molar-refractivity contribution in [3.05, 3.63) is 57.3 Å². The Labute approximate surface area is 118 Å². The average Bonchev–Trinajstić information content (AvgIpc) is 2.32. The smallest absolute Gasteiger partial charge is 0.255 e. The van der Waals surface area contributed by atoms with Crippen molar-refractivity contribution >= 4 is 39.1 Å². The molecule has 1 amide bonds. The number of rotatable bonds is 2. The molecule has 0 radical (unpaired) electrons. The predicted molar refractivity (Wildman–Crippen MR) is 76.1 cm³/mol. The van der Waals surface area contributed by atoms with E-state index < -0.39 is 0 Å². The van der Waals surface area contributed by atoms with E-state index in [4.69, 9.17) is 11.6 Å². The zero-order valence-electron chi connectivity index (χ0n) is 9.58. The van der Waals surface area contributed by atoms with Gasteiger partial charge in [-0.25, -0.2) is 4.98 Å². The van der Waals surface area contributed by atoms with E-state index in [1.807, 2.05) is 19.1 Å². The second-order valence-corrected chi connectivity index (χ2v) is 5.08. The maximum Gasteiger partial charge on any atom is 0.255 e. The van der Waals surface area contributed by atoms with Crippen LogP contribution in [0.5, 0.6) is 0 Å². The summed E-state index contributed by atoms with van der Waals surface area (Å²) < 4.78 is 0.867. The van der Waals surface area contributed by atoms with Gasteiger partial charge in [-0.1, -0.05) is 33.6 Å². The molecule has 2 rings (SSSR count). The van der Waals surface area contributed by atoms with Crippen LogP contribution in [0, 0.1) is 6.92 Å². The Morgan fingerprint density at radius 2 is 2.11 bits per heavy atom. The fourth-order valence-corrected chi connectivity index (χ4v) is 2.05. The summed E-state index contributed by atoms with van der Waals surface area (Å²) >= 11 is 9.11. The number of hydrogen-bond acceptors (Lipinski definition) is 2. The van der Waals surface area contributed by atoms with Crippen LogP contribution in [0.3, 0.4) is 0 Å². The number of nitrogens with zero attached hydrogens (tertiary/aromatic N) is 1. The van der Waals surface area contributed by atoms with Crippen LogP contribution in [0.25, 0.3) is 0 Å². The van der Waals surface area contributed by atoms with Crippen molar-refractivity contribution in [1.29, 1.82) is 0 Å². The van der Waals surface area contributed by atoms with Gasteiger partial charge < -0.3 is 5.32 Å². The van der Waals surface area contributed by atoms with E-state index in [2.05, 4.69) is 26.2 Å². The fourth-order valence-electron chi connectivity index (χ4n) is 1.52. The number of aromatic nitrogens is 1. The number of carbonyl (C=O) groups excluding carboxylic acids is 1. The topological polar surface area (TPSA) is 42.0 Å². The average molecular weight is 326 g/mol. The Kier molecular flexibility index (Phi) is 3.99. The molecule has 0 fully saturated rings. The third-order valence-corrected chi connectivity index (χ3v) is 3.13. The summed E-state index contributed by atoms with van der Waals surface area (Å²) in [5, 5.41) is 3.13. The van der Waals surface area contributed by atoms with Gasteiger partial charge in [-0.3, -0.25) is 4.79 Å². The number of hydrogen-bond donors (Lipinski definition) is 1. The Bertz CT molecular complexity index is 601.